The number of nitrogens with one attached hydrogen (secondary N) is 1. The number of methoxy groups -OCH3 is 1. The number of amides is 2. The lowest BCUT2D eigenvalue weighted by Gasteiger charge is -2.23. The normalized spacial score (nSPS) is 16.0. The van der Waals surface area contributed by atoms with E-state index in [2.05, 4.69) is 12.2 Å². The van der Waals surface area contributed by atoms with Crippen LogP contribution in [0.2, 0.25) is 5.02 Å². The van der Waals surface area contributed by atoms with Gasteiger partial charge in [0.15, 0.2) is 17.8 Å². The number of carbonyl (C=O) groups excluding carboxylic acids is 5. The zero-order valence-electron chi connectivity index (χ0n) is 30.9. The molecule has 2 amide bonds. The molecule has 1 fully saturated rings. The van der Waals surface area contributed by atoms with E-state index in [0.717, 1.165) is 31.2 Å². The number of unbranched alkanes of at least 4 members (excludes halogenated alkanes) is 9. The third kappa shape index (κ3) is 11.5. The van der Waals surface area contributed by atoms with Crippen LogP contribution in [0.4, 0.5) is 5.69 Å². The topological polar surface area (TPSA) is 128 Å². The Bertz CT molecular complexity index is 1680. The van der Waals surface area contributed by atoms with Gasteiger partial charge in [-0.15, -0.1) is 0 Å². The number of likely N-dealkylation sites (tertiary alicyclic amines) is 1. The first kappa shape index (κ1) is 41.2. The van der Waals surface area contributed by atoms with Gasteiger partial charge in [-0.1, -0.05) is 107 Å². The molecular formula is C42H51ClN2O8. The van der Waals surface area contributed by atoms with E-state index < -0.39 is 47.4 Å². The SMILES string of the molecule is CCCCCCCCCCCCOC(=O)c1ccc(Cl)c(NC(=O)C(C(=O)c2ccc(OC)cc2)C2C(=O)C(OCC)N(Cc3ccccc3)C2=O)c1. The maximum absolute atomic E-state index is 14.2. The van der Waals surface area contributed by atoms with Gasteiger partial charge in [0, 0.05) is 18.7 Å². The fraction of sp³-hybridized carbons (Fsp3) is 0.452. The molecule has 3 atom stereocenters. The highest BCUT2D eigenvalue weighted by Gasteiger charge is 2.55. The lowest BCUT2D eigenvalue weighted by atomic mass is 9.82. The first-order valence-electron chi connectivity index (χ1n) is 18.7. The molecule has 3 aromatic rings. The van der Waals surface area contributed by atoms with Crippen LogP contribution in [-0.4, -0.2) is 60.8 Å². The summed E-state index contributed by atoms with van der Waals surface area (Å²) >= 11 is 6.47. The van der Waals surface area contributed by atoms with Gasteiger partial charge in [0.1, 0.15) is 17.6 Å². The lowest BCUT2D eigenvalue weighted by Crippen LogP contribution is -2.42. The molecule has 1 aliphatic heterocycles. The molecule has 1 aliphatic rings. The molecule has 10 nitrogen and oxygen atoms in total. The smallest absolute Gasteiger partial charge is 0.338 e. The quantitative estimate of drug-likeness (QED) is 0.0470. The van der Waals surface area contributed by atoms with Crippen LogP contribution in [0, 0.1) is 11.8 Å². The molecule has 4 rings (SSSR count). The summed E-state index contributed by atoms with van der Waals surface area (Å²) in [6.45, 7) is 4.31. The second-order valence-electron chi connectivity index (χ2n) is 13.2. The number of halogens is 1. The third-order valence-electron chi connectivity index (χ3n) is 9.37. The summed E-state index contributed by atoms with van der Waals surface area (Å²) in [5.41, 5.74) is 1.01. The van der Waals surface area contributed by atoms with Crippen LogP contribution in [0.15, 0.2) is 72.8 Å². The molecule has 3 aromatic carbocycles. The summed E-state index contributed by atoms with van der Waals surface area (Å²) in [6, 6.07) is 19.4. The molecule has 1 N–H and O–H groups in total. The minimum absolute atomic E-state index is 0.0259. The fourth-order valence-electron chi connectivity index (χ4n) is 6.45. The van der Waals surface area contributed by atoms with Crippen LogP contribution in [0.25, 0.3) is 0 Å². The maximum atomic E-state index is 14.2. The van der Waals surface area contributed by atoms with Crippen molar-refractivity contribution in [3.8, 4) is 5.75 Å². The highest BCUT2D eigenvalue weighted by atomic mass is 35.5. The Morgan fingerprint density at radius 2 is 1.43 bits per heavy atom. The summed E-state index contributed by atoms with van der Waals surface area (Å²) in [5.74, 6) is -6.68. The van der Waals surface area contributed by atoms with Gasteiger partial charge in [0.25, 0.3) is 0 Å². The minimum atomic E-state index is -1.78. The number of hydrogen-bond donors (Lipinski definition) is 1. The molecule has 0 radical (unpaired) electrons. The molecule has 3 unspecified atom stereocenters. The standard InChI is InChI=1S/C42H51ClN2O8/c1-4-6-7-8-9-10-11-12-13-17-26-53-42(50)31-22-25-33(43)34(27-31)44-39(48)35(37(46)30-20-23-32(51-3)24-21-30)36-38(47)41(52-5-2)45(40(36)49)28-29-18-15-14-16-19-29/h14-16,18-25,27,35-36,41H,4-13,17,26,28H2,1-3H3,(H,44,48). The zero-order valence-corrected chi connectivity index (χ0v) is 31.7. The summed E-state index contributed by atoms with van der Waals surface area (Å²) in [7, 11) is 1.48. The second-order valence-corrected chi connectivity index (χ2v) is 13.6. The maximum Gasteiger partial charge on any atom is 0.338 e. The Morgan fingerprint density at radius 1 is 0.811 bits per heavy atom. The van der Waals surface area contributed by atoms with E-state index in [1.807, 2.05) is 6.07 Å². The largest absolute Gasteiger partial charge is 0.497 e. The predicted molar refractivity (Wildman–Crippen MR) is 204 cm³/mol. The van der Waals surface area contributed by atoms with Crippen molar-refractivity contribution in [2.24, 2.45) is 11.8 Å². The van der Waals surface area contributed by atoms with Gasteiger partial charge in [-0.25, -0.2) is 4.79 Å². The van der Waals surface area contributed by atoms with Crippen LogP contribution in [0.5, 0.6) is 5.75 Å². The predicted octanol–water partition coefficient (Wildman–Crippen LogP) is 8.45. The average Bonchev–Trinajstić information content (AvgIpc) is 3.38. The molecule has 0 spiro atoms. The van der Waals surface area contributed by atoms with Crippen molar-refractivity contribution in [1.82, 2.24) is 4.90 Å². The van der Waals surface area contributed by atoms with Gasteiger partial charge in [-0.3, -0.25) is 19.2 Å². The van der Waals surface area contributed by atoms with Crippen molar-refractivity contribution in [3.63, 3.8) is 0 Å². The molecule has 284 valence electrons. The number of rotatable bonds is 22. The van der Waals surface area contributed by atoms with Crippen molar-refractivity contribution in [2.45, 2.75) is 90.8 Å². The Morgan fingerprint density at radius 3 is 2.06 bits per heavy atom. The van der Waals surface area contributed by atoms with Crippen molar-refractivity contribution in [2.75, 3.05) is 25.6 Å². The number of esters is 1. The lowest BCUT2D eigenvalue weighted by molar-refractivity contribution is -0.143. The molecule has 11 heteroatoms. The van der Waals surface area contributed by atoms with Crippen molar-refractivity contribution < 1.29 is 38.2 Å². The van der Waals surface area contributed by atoms with Gasteiger partial charge in [0.05, 0.1) is 30.0 Å². The average molecular weight is 747 g/mol. The van der Waals surface area contributed by atoms with Gasteiger partial charge < -0.3 is 24.4 Å². The van der Waals surface area contributed by atoms with E-state index in [1.165, 1.54) is 80.9 Å². The highest BCUT2D eigenvalue weighted by molar-refractivity contribution is 6.34. The van der Waals surface area contributed by atoms with Gasteiger partial charge in [-0.2, -0.15) is 0 Å². The van der Waals surface area contributed by atoms with Crippen LogP contribution in [0.3, 0.4) is 0 Å². The van der Waals surface area contributed by atoms with Crippen LogP contribution in [0.1, 0.15) is 104 Å². The van der Waals surface area contributed by atoms with Gasteiger partial charge >= 0.3 is 5.97 Å². The van der Waals surface area contributed by atoms with E-state index in [0.29, 0.717) is 5.75 Å². The summed E-state index contributed by atoms with van der Waals surface area (Å²) < 4.78 is 16.4. The number of ether oxygens (including phenoxy) is 3. The minimum Gasteiger partial charge on any atom is -0.497 e. The molecule has 0 bridgehead atoms. The Labute approximate surface area is 317 Å². The number of ketones is 2. The van der Waals surface area contributed by atoms with E-state index >= 15 is 0 Å². The first-order chi connectivity index (χ1) is 25.7. The monoisotopic (exact) mass is 746 g/mol. The number of Topliss-reactive ketones (excluding diaryl/α,β-unsaturated/α-hetero) is 2. The molecule has 0 saturated carbocycles. The van der Waals surface area contributed by atoms with Gasteiger partial charge in [0.2, 0.25) is 11.8 Å². The van der Waals surface area contributed by atoms with Crippen molar-refractivity contribution >= 4 is 46.6 Å². The highest BCUT2D eigenvalue weighted by Crippen LogP contribution is 2.34. The molecular weight excluding hydrogens is 696 g/mol. The Kier molecular flexibility index (Phi) is 16.5. The van der Waals surface area contributed by atoms with E-state index in [-0.39, 0.29) is 41.6 Å². The van der Waals surface area contributed by atoms with E-state index in [4.69, 9.17) is 25.8 Å². The summed E-state index contributed by atoms with van der Waals surface area (Å²) in [6.07, 6.45) is 10.2. The van der Waals surface area contributed by atoms with Crippen molar-refractivity contribution in [3.05, 3.63) is 94.5 Å². The third-order valence-corrected chi connectivity index (χ3v) is 9.70. The van der Waals surface area contributed by atoms with E-state index in [9.17, 15) is 24.0 Å². The first-order valence-corrected chi connectivity index (χ1v) is 19.0. The van der Waals surface area contributed by atoms with Crippen molar-refractivity contribution in [1.29, 1.82) is 0 Å². The molecule has 53 heavy (non-hydrogen) atoms. The van der Waals surface area contributed by atoms with Gasteiger partial charge in [-0.05, 0) is 61.4 Å². The number of carbonyl (C=O) groups is 5. The molecule has 1 saturated heterocycles. The summed E-state index contributed by atoms with van der Waals surface area (Å²) in [5, 5.41) is 2.72. The van der Waals surface area contributed by atoms with Crippen LogP contribution in [-0.2, 0) is 30.4 Å². The molecule has 0 aromatic heterocycles. The number of nitrogens with zero attached hydrogens (tertiary/aromatic N) is 1. The van der Waals surface area contributed by atoms with E-state index in [1.54, 1.807) is 43.3 Å². The second kappa shape index (κ2) is 21.2. The molecule has 0 aliphatic carbocycles. The number of anilines is 1. The Hall–Kier alpha value is -4.54. The zero-order chi connectivity index (χ0) is 38.2. The summed E-state index contributed by atoms with van der Waals surface area (Å²) in [4.78, 5) is 70.6. The number of benzene rings is 3. The van der Waals surface area contributed by atoms with Crippen LogP contribution < -0.4 is 10.1 Å². The fourth-order valence-corrected chi connectivity index (χ4v) is 6.62. The molecule has 1 heterocycles. The Balaban J connectivity index is 1.49. The number of hydrogen-bond acceptors (Lipinski definition) is 8. The van der Waals surface area contributed by atoms with Crippen LogP contribution >= 0.6 is 11.6 Å².